The zero-order valence-corrected chi connectivity index (χ0v) is 24.5. The van der Waals surface area contributed by atoms with E-state index < -0.39 is 11.8 Å². The van der Waals surface area contributed by atoms with E-state index in [4.69, 9.17) is 5.10 Å². The van der Waals surface area contributed by atoms with E-state index in [0.717, 1.165) is 27.3 Å². The molecule has 13 heteroatoms. The third kappa shape index (κ3) is 6.23. The number of pyridine rings is 1. The van der Waals surface area contributed by atoms with Crippen molar-refractivity contribution >= 4 is 41.1 Å². The maximum atomic E-state index is 12.8. The zero-order chi connectivity index (χ0) is 30.8. The Kier molecular flexibility index (Phi) is 8.20. The molecule has 44 heavy (non-hydrogen) atoms. The molecule has 2 aromatic rings. The van der Waals surface area contributed by atoms with E-state index in [1.807, 2.05) is 37.3 Å². The Morgan fingerprint density at radius 1 is 0.886 bits per heavy atom. The molecule has 1 atom stereocenters. The van der Waals surface area contributed by atoms with Gasteiger partial charge in [0.05, 0.1) is 12.3 Å². The van der Waals surface area contributed by atoms with Gasteiger partial charge >= 0.3 is 6.03 Å². The molecule has 0 radical (unpaired) electrons. The van der Waals surface area contributed by atoms with E-state index in [0.29, 0.717) is 64.5 Å². The van der Waals surface area contributed by atoms with Crippen LogP contribution in [0.5, 0.6) is 0 Å². The number of carbonyl (C=O) groups is 5. The lowest BCUT2D eigenvalue weighted by Crippen LogP contribution is -2.53. The number of hydrogen-bond acceptors (Lipinski definition) is 8. The Labute approximate surface area is 254 Å². The largest absolute Gasteiger partial charge is 0.339 e. The SMILES string of the molecule is CC1CC(=O)N(CCN2CCN(C(=O)CN3C(=O)C=CC3=O)CC2)N=C1c1ccc(NC(=O)N2Cc3ccncc3C2)cc1. The number of benzene rings is 1. The molecule has 0 bridgehead atoms. The number of piperazine rings is 1. The van der Waals surface area contributed by atoms with Crippen LogP contribution in [0.15, 0.2) is 60.0 Å². The summed E-state index contributed by atoms with van der Waals surface area (Å²) in [5, 5.41) is 9.21. The van der Waals surface area contributed by atoms with E-state index in [1.54, 1.807) is 22.2 Å². The number of hydrazone groups is 1. The third-order valence-electron chi connectivity index (χ3n) is 8.46. The van der Waals surface area contributed by atoms with E-state index in [-0.39, 0.29) is 30.3 Å². The van der Waals surface area contributed by atoms with Crippen LogP contribution in [-0.2, 0) is 32.3 Å². The van der Waals surface area contributed by atoms with Gasteiger partial charge in [-0.15, -0.1) is 0 Å². The first-order valence-electron chi connectivity index (χ1n) is 14.8. The summed E-state index contributed by atoms with van der Waals surface area (Å²) in [6.45, 7) is 6.04. The smallest absolute Gasteiger partial charge is 0.322 e. The average Bonchev–Trinajstić information content (AvgIpc) is 3.60. The minimum atomic E-state index is -0.465. The van der Waals surface area contributed by atoms with Crippen LogP contribution in [0.4, 0.5) is 10.5 Å². The van der Waals surface area contributed by atoms with Crippen LogP contribution in [0.2, 0.25) is 0 Å². The number of fused-ring (bicyclic) bond motifs is 1. The second kappa shape index (κ2) is 12.4. The van der Waals surface area contributed by atoms with E-state index in [2.05, 4.69) is 15.2 Å². The number of nitrogens with zero attached hydrogens (tertiary/aromatic N) is 7. The first-order chi connectivity index (χ1) is 21.2. The van der Waals surface area contributed by atoms with Gasteiger partial charge in [-0.3, -0.25) is 34.0 Å². The van der Waals surface area contributed by atoms with E-state index in [9.17, 15) is 24.0 Å². The molecule has 1 unspecified atom stereocenters. The molecule has 13 nitrogen and oxygen atoms in total. The second-order valence-electron chi connectivity index (χ2n) is 11.4. The van der Waals surface area contributed by atoms with Gasteiger partial charge in [0.15, 0.2) is 0 Å². The molecule has 1 fully saturated rings. The van der Waals surface area contributed by atoms with Gasteiger partial charge in [-0.1, -0.05) is 19.1 Å². The van der Waals surface area contributed by atoms with Gasteiger partial charge < -0.3 is 15.1 Å². The highest BCUT2D eigenvalue weighted by Crippen LogP contribution is 2.24. The number of aromatic nitrogens is 1. The van der Waals surface area contributed by atoms with Crippen molar-refractivity contribution in [3.63, 3.8) is 0 Å². The van der Waals surface area contributed by atoms with E-state index >= 15 is 0 Å². The van der Waals surface area contributed by atoms with Crippen LogP contribution in [-0.4, -0.2) is 111 Å². The minimum Gasteiger partial charge on any atom is -0.339 e. The molecule has 6 rings (SSSR count). The van der Waals surface area contributed by atoms with Crippen LogP contribution in [0, 0.1) is 5.92 Å². The van der Waals surface area contributed by atoms with Crippen molar-refractivity contribution in [2.45, 2.75) is 26.4 Å². The predicted molar refractivity (Wildman–Crippen MR) is 160 cm³/mol. The normalized spacial score (nSPS) is 20.3. The van der Waals surface area contributed by atoms with Gasteiger partial charge in [0.25, 0.3) is 11.8 Å². The fourth-order valence-corrected chi connectivity index (χ4v) is 5.83. The average molecular weight is 599 g/mol. The van der Waals surface area contributed by atoms with Crippen molar-refractivity contribution in [1.29, 1.82) is 0 Å². The van der Waals surface area contributed by atoms with Crippen LogP contribution in [0.3, 0.4) is 0 Å². The van der Waals surface area contributed by atoms with Crippen molar-refractivity contribution < 1.29 is 24.0 Å². The summed E-state index contributed by atoms with van der Waals surface area (Å²) in [6.07, 6.45) is 6.23. The van der Waals surface area contributed by atoms with Gasteiger partial charge in [-0.2, -0.15) is 5.10 Å². The number of nitrogens with one attached hydrogen (secondary N) is 1. The van der Waals surface area contributed by atoms with Gasteiger partial charge in [-0.25, -0.2) is 9.80 Å². The van der Waals surface area contributed by atoms with Crippen LogP contribution in [0.25, 0.3) is 0 Å². The first kappa shape index (κ1) is 29.2. The summed E-state index contributed by atoms with van der Waals surface area (Å²) in [5.41, 5.74) is 4.56. The molecule has 1 saturated heterocycles. The minimum absolute atomic E-state index is 0.0330. The van der Waals surface area contributed by atoms with Gasteiger partial charge in [0.2, 0.25) is 11.8 Å². The molecule has 6 amide bonds. The van der Waals surface area contributed by atoms with Crippen LogP contribution in [0.1, 0.15) is 30.0 Å². The molecule has 1 aromatic heterocycles. The lowest BCUT2D eigenvalue weighted by atomic mass is 9.93. The van der Waals surface area contributed by atoms with Crippen molar-refractivity contribution in [3.8, 4) is 0 Å². The summed E-state index contributed by atoms with van der Waals surface area (Å²) in [4.78, 5) is 72.4. The fourth-order valence-electron chi connectivity index (χ4n) is 5.83. The Morgan fingerprint density at radius 3 is 2.30 bits per heavy atom. The molecular weight excluding hydrogens is 564 g/mol. The van der Waals surface area contributed by atoms with Crippen LogP contribution < -0.4 is 5.32 Å². The highest BCUT2D eigenvalue weighted by atomic mass is 16.2. The van der Waals surface area contributed by atoms with Crippen molar-refractivity contribution in [2.75, 3.05) is 51.1 Å². The number of anilines is 1. The number of carbonyl (C=O) groups excluding carboxylic acids is 5. The second-order valence-corrected chi connectivity index (χ2v) is 11.4. The molecule has 228 valence electrons. The molecule has 0 aliphatic carbocycles. The Hall–Kier alpha value is -4.91. The molecule has 0 spiro atoms. The maximum absolute atomic E-state index is 12.8. The van der Waals surface area contributed by atoms with Gasteiger partial charge in [0.1, 0.15) is 6.54 Å². The first-order valence-corrected chi connectivity index (χ1v) is 14.8. The van der Waals surface area contributed by atoms with Gasteiger partial charge in [0, 0.05) is 88.4 Å². The number of rotatable bonds is 7. The standard InChI is InChI=1S/C31H34N8O5/c1-21-16-28(42)39(15-12-35-10-13-36(14-11-35)29(43)20-38-26(40)6-7-27(38)41)34-30(21)22-2-4-25(5-3-22)33-31(44)37-18-23-8-9-32-17-24(23)19-37/h2-9,17,21H,10-16,18-20H2,1H3,(H,33,44). The zero-order valence-electron chi connectivity index (χ0n) is 24.5. The maximum Gasteiger partial charge on any atom is 0.322 e. The molecular formula is C31H34N8O5. The lowest BCUT2D eigenvalue weighted by molar-refractivity contribution is -0.145. The summed E-state index contributed by atoms with van der Waals surface area (Å²) in [6, 6.07) is 9.29. The van der Waals surface area contributed by atoms with E-state index in [1.165, 1.54) is 17.2 Å². The molecule has 4 aliphatic heterocycles. The summed E-state index contributed by atoms with van der Waals surface area (Å²) < 4.78 is 0. The van der Waals surface area contributed by atoms with Crippen LogP contribution >= 0.6 is 0 Å². The number of imide groups is 1. The van der Waals surface area contributed by atoms with Crippen molar-refractivity contribution in [2.24, 2.45) is 11.0 Å². The monoisotopic (exact) mass is 598 g/mol. The third-order valence-corrected chi connectivity index (χ3v) is 8.46. The molecule has 1 N–H and O–H groups in total. The molecule has 1 aromatic carbocycles. The Morgan fingerprint density at radius 2 is 1.59 bits per heavy atom. The Balaban J connectivity index is 0.999. The van der Waals surface area contributed by atoms with Gasteiger partial charge in [-0.05, 0) is 34.9 Å². The summed E-state index contributed by atoms with van der Waals surface area (Å²) >= 11 is 0. The molecule has 0 saturated carbocycles. The summed E-state index contributed by atoms with van der Waals surface area (Å²) in [5.74, 6) is -1.27. The highest BCUT2D eigenvalue weighted by molar-refractivity contribution is 6.14. The lowest BCUT2D eigenvalue weighted by Gasteiger charge is -2.36. The quantitative estimate of drug-likeness (QED) is 0.474. The fraction of sp³-hybridized carbons (Fsp3) is 0.387. The van der Waals surface area contributed by atoms with Crippen molar-refractivity contribution in [3.05, 3.63) is 71.6 Å². The summed E-state index contributed by atoms with van der Waals surface area (Å²) in [7, 11) is 0. The highest BCUT2D eigenvalue weighted by Gasteiger charge is 2.31. The topological polar surface area (TPSA) is 139 Å². The number of urea groups is 1. The predicted octanol–water partition coefficient (Wildman–Crippen LogP) is 1.27. The Bertz CT molecular complexity index is 1500. The molecule has 5 heterocycles. The number of hydrogen-bond donors (Lipinski definition) is 1. The number of amides is 6. The molecule has 4 aliphatic rings. The van der Waals surface area contributed by atoms with Crippen molar-refractivity contribution in [1.82, 2.24) is 29.6 Å².